The second kappa shape index (κ2) is 70.6. The highest BCUT2D eigenvalue weighted by Crippen LogP contribution is 2.17. The van der Waals surface area contributed by atoms with Gasteiger partial charge in [0.2, 0.25) is 0 Å². The highest BCUT2D eigenvalue weighted by molar-refractivity contribution is 5.71. The van der Waals surface area contributed by atoms with Crippen LogP contribution in [-0.4, -0.2) is 37.2 Å². The zero-order chi connectivity index (χ0) is 59.9. The van der Waals surface area contributed by atoms with Crippen LogP contribution in [0, 0.1) is 0 Å². The van der Waals surface area contributed by atoms with Crippen LogP contribution in [-0.2, 0) is 28.6 Å². The Morgan fingerprint density at radius 3 is 0.795 bits per heavy atom. The van der Waals surface area contributed by atoms with Crippen LogP contribution in [0.1, 0.15) is 342 Å². The van der Waals surface area contributed by atoms with Gasteiger partial charge in [-0.15, -0.1) is 0 Å². The molecular weight excluding hydrogens is 1020 g/mol. The van der Waals surface area contributed by atoms with Gasteiger partial charge in [0.15, 0.2) is 6.10 Å². The number of ether oxygens (including phenoxy) is 3. The number of hydrogen-bond acceptors (Lipinski definition) is 6. The van der Waals surface area contributed by atoms with Crippen LogP contribution in [0.5, 0.6) is 0 Å². The van der Waals surface area contributed by atoms with Crippen molar-refractivity contribution in [3.8, 4) is 0 Å². The third kappa shape index (κ3) is 68.7. The maximum Gasteiger partial charge on any atom is 0.306 e. The fraction of sp³-hybridized carbons (Fsp3) is 0.727. The number of carbonyl (C=O) groups excluding carboxylic acids is 3. The largest absolute Gasteiger partial charge is 0.462 e. The Balaban J connectivity index is 4.39. The zero-order valence-corrected chi connectivity index (χ0v) is 54.7. The molecule has 0 amide bonds. The molecule has 1 atom stereocenters. The van der Waals surface area contributed by atoms with E-state index in [2.05, 4.69) is 130 Å². The third-order valence-corrected chi connectivity index (χ3v) is 15.2. The lowest BCUT2D eigenvalue weighted by atomic mass is 10.0. The Bertz CT molecular complexity index is 1660. The standard InChI is InChI=1S/C77H132O6/c1-4-7-10-13-16-19-22-25-28-31-33-35-36-37-38-39-40-42-43-46-49-52-55-58-61-64-67-70-76(79)82-73-74(72-81-75(78)69-66-63-60-57-54-51-48-45-30-27-24-21-18-15-12-9-6-3)83-77(80)71-68-65-62-59-56-53-50-47-44-41-34-32-29-26-23-20-17-14-11-8-5-2/h9,12,18,21,23,26-27,30-34,44,47-48,51,57,60,74H,4-8,10-11,13-17,19-20,22,24-25,28-29,35-43,45-46,49-50,52-56,58-59,61-73H2,1-3H3/b12-9-,21-18-,26-23-,30-27-,33-31-,34-32-,47-44-,51-48-,60-57-. The minimum absolute atomic E-state index is 0.101. The first-order valence-electron chi connectivity index (χ1n) is 35.4. The molecule has 1 unspecified atom stereocenters. The van der Waals surface area contributed by atoms with Crippen LogP contribution in [0.3, 0.4) is 0 Å². The van der Waals surface area contributed by atoms with Crippen molar-refractivity contribution < 1.29 is 28.6 Å². The highest BCUT2D eigenvalue weighted by atomic mass is 16.6. The van der Waals surface area contributed by atoms with E-state index in [1.807, 2.05) is 0 Å². The molecule has 0 saturated heterocycles. The average molecular weight is 1150 g/mol. The molecule has 0 saturated carbocycles. The molecule has 0 spiro atoms. The van der Waals surface area contributed by atoms with Crippen LogP contribution in [0.25, 0.3) is 0 Å². The van der Waals surface area contributed by atoms with Crippen LogP contribution in [0.15, 0.2) is 109 Å². The summed E-state index contributed by atoms with van der Waals surface area (Å²) < 4.78 is 16.9. The Hall–Kier alpha value is -3.93. The quantitative estimate of drug-likeness (QED) is 0.0261. The van der Waals surface area contributed by atoms with Gasteiger partial charge in [0.05, 0.1) is 0 Å². The van der Waals surface area contributed by atoms with E-state index < -0.39 is 6.10 Å². The summed E-state index contributed by atoms with van der Waals surface area (Å²) in [5.41, 5.74) is 0. The molecule has 6 nitrogen and oxygen atoms in total. The molecule has 0 aromatic carbocycles. The van der Waals surface area contributed by atoms with Crippen molar-refractivity contribution in [3.05, 3.63) is 109 Å². The van der Waals surface area contributed by atoms with Gasteiger partial charge in [-0.1, -0.05) is 310 Å². The Kier molecular flexibility index (Phi) is 67.2. The summed E-state index contributed by atoms with van der Waals surface area (Å²) in [5, 5.41) is 0. The van der Waals surface area contributed by atoms with Gasteiger partial charge in [-0.3, -0.25) is 14.4 Å². The van der Waals surface area contributed by atoms with E-state index in [1.165, 1.54) is 193 Å². The van der Waals surface area contributed by atoms with E-state index in [1.54, 1.807) is 0 Å². The first kappa shape index (κ1) is 79.1. The first-order valence-corrected chi connectivity index (χ1v) is 35.4. The smallest absolute Gasteiger partial charge is 0.306 e. The summed E-state index contributed by atoms with van der Waals surface area (Å²) in [4.78, 5) is 38.4. The normalized spacial score (nSPS) is 12.8. The summed E-state index contributed by atoms with van der Waals surface area (Å²) in [6.45, 7) is 6.49. The van der Waals surface area contributed by atoms with Crippen LogP contribution in [0.4, 0.5) is 0 Å². The molecule has 0 N–H and O–H groups in total. The molecule has 0 aliphatic rings. The Morgan fingerprint density at radius 2 is 0.482 bits per heavy atom. The summed E-state index contributed by atoms with van der Waals surface area (Å²) in [5.74, 6) is -0.962. The van der Waals surface area contributed by atoms with Crippen LogP contribution < -0.4 is 0 Å². The lowest BCUT2D eigenvalue weighted by molar-refractivity contribution is -0.167. The topological polar surface area (TPSA) is 78.9 Å². The minimum Gasteiger partial charge on any atom is -0.462 e. The molecule has 0 aromatic heterocycles. The lowest BCUT2D eigenvalue weighted by Crippen LogP contribution is -2.30. The van der Waals surface area contributed by atoms with Gasteiger partial charge in [-0.2, -0.15) is 0 Å². The van der Waals surface area contributed by atoms with E-state index in [0.717, 1.165) is 103 Å². The number of esters is 3. The Labute approximate surface area is 514 Å². The summed E-state index contributed by atoms with van der Waals surface area (Å²) in [6, 6.07) is 0. The van der Waals surface area contributed by atoms with Crippen LogP contribution >= 0.6 is 0 Å². The fourth-order valence-corrected chi connectivity index (χ4v) is 9.95. The second-order valence-corrected chi connectivity index (χ2v) is 23.4. The van der Waals surface area contributed by atoms with Crippen molar-refractivity contribution in [1.82, 2.24) is 0 Å². The van der Waals surface area contributed by atoms with Crippen molar-refractivity contribution in [2.45, 2.75) is 348 Å². The Morgan fingerprint density at radius 1 is 0.253 bits per heavy atom. The summed E-state index contributed by atoms with van der Waals surface area (Å²) >= 11 is 0. The molecule has 0 aromatic rings. The number of unbranched alkanes of at least 4 members (excludes halogenated alkanes) is 35. The molecule has 6 heteroatoms. The number of rotatable bonds is 64. The minimum atomic E-state index is -0.812. The SMILES string of the molecule is CC/C=C\C/C=C\C/C=C\C/C=C\C/C=C\CCCC(=O)OCC(COC(=O)CCCCCCCCCCCCCCCCC/C=C\CCCCCCCCCC)OC(=O)CCCCCCCC/C=C\C/C=C\C/C=C\CCCCCCC. The number of hydrogen-bond donors (Lipinski definition) is 0. The zero-order valence-electron chi connectivity index (χ0n) is 54.7. The van der Waals surface area contributed by atoms with Crippen molar-refractivity contribution in [2.24, 2.45) is 0 Å². The maximum atomic E-state index is 13.0. The van der Waals surface area contributed by atoms with Crippen molar-refractivity contribution in [1.29, 1.82) is 0 Å². The van der Waals surface area contributed by atoms with E-state index in [-0.39, 0.29) is 37.5 Å². The van der Waals surface area contributed by atoms with Gasteiger partial charge in [-0.05, 0) is 122 Å². The van der Waals surface area contributed by atoms with Crippen molar-refractivity contribution in [2.75, 3.05) is 13.2 Å². The van der Waals surface area contributed by atoms with Crippen LogP contribution in [0.2, 0.25) is 0 Å². The summed E-state index contributed by atoms with van der Waals surface area (Å²) in [6.07, 6.45) is 96.9. The molecule has 0 radical (unpaired) electrons. The van der Waals surface area contributed by atoms with Gasteiger partial charge in [0.1, 0.15) is 13.2 Å². The molecular formula is C77H132O6. The molecule has 0 aliphatic carbocycles. The molecule has 0 rings (SSSR count). The van der Waals surface area contributed by atoms with Gasteiger partial charge in [-0.25, -0.2) is 0 Å². The van der Waals surface area contributed by atoms with Gasteiger partial charge in [0, 0.05) is 19.3 Å². The van der Waals surface area contributed by atoms with Crippen molar-refractivity contribution >= 4 is 17.9 Å². The van der Waals surface area contributed by atoms with Gasteiger partial charge in [0.25, 0.3) is 0 Å². The first-order chi connectivity index (χ1) is 41.0. The van der Waals surface area contributed by atoms with Crippen molar-refractivity contribution in [3.63, 3.8) is 0 Å². The number of carbonyl (C=O) groups is 3. The van der Waals surface area contributed by atoms with E-state index >= 15 is 0 Å². The highest BCUT2D eigenvalue weighted by Gasteiger charge is 2.19. The summed E-state index contributed by atoms with van der Waals surface area (Å²) in [7, 11) is 0. The molecule has 83 heavy (non-hydrogen) atoms. The molecule has 0 fully saturated rings. The molecule has 0 aliphatic heterocycles. The molecule has 0 bridgehead atoms. The van der Waals surface area contributed by atoms with Gasteiger partial charge < -0.3 is 14.2 Å². The number of allylic oxidation sites excluding steroid dienone is 18. The molecule has 476 valence electrons. The lowest BCUT2D eigenvalue weighted by Gasteiger charge is -2.18. The van der Waals surface area contributed by atoms with E-state index in [0.29, 0.717) is 19.3 Å². The average Bonchev–Trinajstić information content (AvgIpc) is 3.50. The van der Waals surface area contributed by atoms with E-state index in [9.17, 15) is 14.4 Å². The third-order valence-electron chi connectivity index (χ3n) is 15.2. The molecule has 0 heterocycles. The van der Waals surface area contributed by atoms with E-state index in [4.69, 9.17) is 14.2 Å². The predicted molar refractivity (Wildman–Crippen MR) is 362 cm³/mol. The second-order valence-electron chi connectivity index (χ2n) is 23.4. The maximum absolute atomic E-state index is 13.0. The fourth-order valence-electron chi connectivity index (χ4n) is 9.95. The monoisotopic (exact) mass is 1150 g/mol. The van der Waals surface area contributed by atoms with Gasteiger partial charge >= 0.3 is 17.9 Å². The predicted octanol–water partition coefficient (Wildman–Crippen LogP) is 24.6.